The minimum atomic E-state index is -0.392. The Kier molecular flexibility index (Phi) is 10.1. The molecule has 1 fully saturated rings. The molecule has 0 amide bonds. The van der Waals surface area contributed by atoms with Crippen LogP contribution in [-0.4, -0.2) is 74.6 Å². The van der Waals surface area contributed by atoms with Gasteiger partial charge in [0.05, 0.1) is 44.7 Å². The first-order valence-electron chi connectivity index (χ1n) is 10.7. The van der Waals surface area contributed by atoms with E-state index in [1.807, 2.05) is 0 Å². The van der Waals surface area contributed by atoms with Crippen LogP contribution in [0.5, 0.6) is 11.5 Å². The van der Waals surface area contributed by atoms with E-state index in [1.165, 1.54) is 12.4 Å². The Morgan fingerprint density at radius 3 is 2.68 bits per heavy atom. The Hall–Kier alpha value is -2.24. The number of nitrogens with one attached hydrogen (secondary N) is 1. The van der Waals surface area contributed by atoms with Gasteiger partial charge >= 0.3 is 0 Å². The van der Waals surface area contributed by atoms with Gasteiger partial charge in [-0.3, -0.25) is 4.90 Å². The summed E-state index contributed by atoms with van der Waals surface area (Å²) in [5.74, 6) is 1.17. The lowest BCUT2D eigenvalue weighted by Gasteiger charge is -2.26. The summed E-state index contributed by atoms with van der Waals surface area (Å²) >= 11 is 3.26. The van der Waals surface area contributed by atoms with E-state index < -0.39 is 5.82 Å². The predicted molar refractivity (Wildman–Crippen MR) is 134 cm³/mol. The lowest BCUT2D eigenvalue weighted by atomic mass is 10.2. The Morgan fingerprint density at radius 2 is 1.91 bits per heavy atom. The normalized spacial score (nSPS) is 14.0. The number of morpholine rings is 1. The molecular weight excluding hydrogens is 531 g/mol. The zero-order valence-corrected chi connectivity index (χ0v) is 21.2. The number of hydrogen-bond acceptors (Lipinski definition) is 8. The molecule has 3 aromatic rings. The van der Waals surface area contributed by atoms with Crippen molar-refractivity contribution >= 4 is 50.7 Å². The van der Waals surface area contributed by atoms with E-state index in [2.05, 4.69) is 36.1 Å². The van der Waals surface area contributed by atoms with Crippen molar-refractivity contribution in [3.8, 4) is 11.5 Å². The molecule has 0 radical (unpaired) electrons. The van der Waals surface area contributed by atoms with Gasteiger partial charge in [0.1, 0.15) is 24.6 Å². The van der Waals surface area contributed by atoms with Crippen molar-refractivity contribution < 1.29 is 23.3 Å². The number of hydrogen-bond donors (Lipinski definition) is 1. The van der Waals surface area contributed by atoms with Gasteiger partial charge in [-0.25, -0.2) is 14.4 Å². The fourth-order valence-corrected chi connectivity index (χ4v) is 3.82. The molecule has 1 saturated heterocycles. The molecule has 0 saturated carbocycles. The van der Waals surface area contributed by atoms with Crippen LogP contribution in [0.2, 0.25) is 0 Å². The van der Waals surface area contributed by atoms with Gasteiger partial charge in [0.15, 0.2) is 11.5 Å². The molecule has 4 rings (SSSR count). The Labute approximate surface area is 212 Å². The first kappa shape index (κ1) is 26.4. The molecule has 2 aromatic carbocycles. The van der Waals surface area contributed by atoms with E-state index in [0.717, 1.165) is 32.8 Å². The van der Waals surface area contributed by atoms with Gasteiger partial charge < -0.3 is 24.3 Å². The van der Waals surface area contributed by atoms with Crippen molar-refractivity contribution in [2.45, 2.75) is 0 Å². The van der Waals surface area contributed by atoms with Crippen LogP contribution in [0.15, 0.2) is 41.1 Å². The molecule has 1 N–H and O–H groups in total. The molecule has 184 valence electrons. The molecule has 2 heterocycles. The topological polar surface area (TPSA) is 78.0 Å². The zero-order valence-electron chi connectivity index (χ0n) is 18.8. The number of nitrogens with zero attached hydrogens (tertiary/aromatic N) is 3. The third-order valence-electron chi connectivity index (χ3n) is 5.25. The van der Waals surface area contributed by atoms with Gasteiger partial charge in [0.2, 0.25) is 0 Å². The number of aromatic nitrogens is 2. The molecule has 0 unspecified atom stereocenters. The van der Waals surface area contributed by atoms with Gasteiger partial charge in [-0.15, -0.1) is 12.4 Å². The van der Waals surface area contributed by atoms with Gasteiger partial charge in [-0.2, -0.15) is 0 Å². The van der Waals surface area contributed by atoms with E-state index >= 15 is 0 Å². The molecule has 34 heavy (non-hydrogen) atoms. The average Bonchev–Trinajstić information content (AvgIpc) is 2.83. The monoisotopic (exact) mass is 556 g/mol. The third-order valence-corrected chi connectivity index (χ3v) is 5.74. The number of fused-ring (bicyclic) bond motifs is 1. The minimum Gasteiger partial charge on any atom is -0.493 e. The second-order valence-electron chi connectivity index (χ2n) is 7.41. The summed E-state index contributed by atoms with van der Waals surface area (Å²) in [6, 6.07) is 8.35. The lowest BCUT2D eigenvalue weighted by molar-refractivity contribution is 0.0169. The van der Waals surface area contributed by atoms with Gasteiger partial charge in [0.25, 0.3) is 0 Å². The van der Waals surface area contributed by atoms with Crippen molar-refractivity contribution in [3.05, 3.63) is 46.9 Å². The van der Waals surface area contributed by atoms with Crippen molar-refractivity contribution in [2.75, 3.05) is 65.1 Å². The highest BCUT2D eigenvalue weighted by atomic mass is 79.9. The Bertz CT molecular complexity index is 1090. The van der Waals surface area contributed by atoms with Crippen molar-refractivity contribution in [2.24, 2.45) is 0 Å². The number of methoxy groups -OCH3 is 1. The summed E-state index contributed by atoms with van der Waals surface area (Å²) in [7, 11) is 1.57. The fourth-order valence-electron chi connectivity index (χ4n) is 3.49. The standard InChI is InChI=1S/C23H26BrFN4O4.ClH/c1-30-21-13-17-20(26-15-27-23(17)28-19-3-2-16(24)12-18(19)25)14-22(21)33-11-10-32-9-6-29-4-7-31-8-5-29;/h2-3,12-15H,4-11H2,1H3,(H,26,27,28);1H. The van der Waals surface area contributed by atoms with Crippen LogP contribution in [-0.2, 0) is 9.47 Å². The Balaban J connectivity index is 0.00000324. The van der Waals surface area contributed by atoms with Crippen molar-refractivity contribution in [3.63, 3.8) is 0 Å². The summed E-state index contributed by atoms with van der Waals surface area (Å²) in [4.78, 5) is 10.9. The van der Waals surface area contributed by atoms with Crippen molar-refractivity contribution in [1.29, 1.82) is 0 Å². The summed E-state index contributed by atoms with van der Waals surface area (Å²) < 4.78 is 37.4. The molecule has 11 heteroatoms. The van der Waals surface area contributed by atoms with Gasteiger partial charge in [-0.1, -0.05) is 15.9 Å². The van der Waals surface area contributed by atoms with Crippen LogP contribution in [0.4, 0.5) is 15.9 Å². The lowest BCUT2D eigenvalue weighted by Crippen LogP contribution is -2.38. The molecule has 1 aromatic heterocycles. The maximum atomic E-state index is 14.3. The molecule has 1 aliphatic rings. The maximum Gasteiger partial charge on any atom is 0.163 e. The van der Waals surface area contributed by atoms with Crippen LogP contribution in [0, 0.1) is 5.82 Å². The molecule has 0 aliphatic carbocycles. The third kappa shape index (κ3) is 6.89. The Morgan fingerprint density at radius 1 is 1.09 bits per heavy atom. The number of ether oxygens (including phenoxy) is 4. The summed E-state index contributed by atoms with van der Waals surface area (Å²) in [6.07, 6.45) is 1.42. The molecule has 0 spiro atoms. The molecular formula is C23H27BrClFN4O4. The van der Waals surface area contributed by atoms with Crippen LogP contribution in [0.25, 0.3) is 10.9 Å². The summed E-state index contributed by atoms with van der Waals surface area (Å²) in [6.45, 7) is 5.83. The predicted octanol–water partition coefficient (Wildman–Crippen LogP) is 4.43. The minimum absolute atomic E-state index is 0. The maximum absolute atomic E-state index is 14.3. The van der Waals surface area contributed by atoms with E-state index in [-0.39, 0.29) is 12.4 Å². The van der Waals surface area contributed by atoms with E-state index in [9.17, 15) is 4.39 Å². The molecule has 0 bridgehead atoms. The van der Waals surface area contributed by atoms with Crippen LogP contribution < -0.4 is 14.8 Å². The molecule has 0 atom stereocenters. The number of halogens is 3. The first-order valence-corrected chi connectivity index (χ1v) is 11.5. The second-order valence-corrected chi connectivity index (χ2v) is 8.32. The first-order chi connectivity index (χ1) is 16.1. The highest BCUT2D eigenvalue weighted by Gasteiger charge is 2.14. The van der Waals surface area contributed by atoms with Crippen molar-refractivity contribution in [1.82, 2.24) is 14.9 Å². The summed E-state index contributed by atoms with van der Waals surface area (Å²) in [5.41, 5.74) is 0.959. The highest BCUT2D eigenvalue weighted by molar-refractivity contribution is 9.10. The van der Waals surface area contributed by atoms with Crippen LogP contribution in [0.3, 0.4) is 0 Å². The molecule has 1 aliphatic heterocycles. The van der Waals surface area contributed by atoms with E-state index in [4.69, 9.17) is 18.9 Å². The zero-order chi connectivity index (χ0) is 23.0. The molecule has 8 nitrogen and oxygen atoms in total. The SMILES string of the molecule is COc1cc2c(Nc3ccc(Br)cc3F)ncnc2cc1OCCOCCN1CCOCC1.Cl. The average molecular weight is 558 g/mol. The van der Waals surface area contributed by atoms with Gasteiger partial charge in [-0.05, 0) is 24.3 Å². The van der Waals surface area contributed by atoms with Crippen LogP contribution in [0.1, 0.15) is 0 Å². The quantitative estimate of drug-likeness (QED) is 0.367. The second kappa shape index (κ2) is 13.0. The van der Waals surface area contributed by atoms with Gasteiger partial charge in [0, 0.05) is 35.6 Å². The number of benzene rings is 2. The summed E-state index contributed by atoms with van der Waals surface area (Å²) in [5, 5.41) is 3.72. The largest absolute Gasteiger partial charge is 0.493 e. The number of anilines is 2. The van der Waals surface area contributed by atoms with E-state index in [0.29, 0.717) is 58.2 Å². The van der Waals surface area contributed by atoms with Crippen LogP contribution >= 0.6 is 28.3 Å². The number of rotatable bonds is 10. The van der Waals surface area contributed by atoms with E-state index in [1.54, 1.807) is 31.4 Å². The fraction of sp³-hybridized carbons (Fsp3) is 0.391. The smallest absolute Gasteiger partial charge is 0.163 e. The highest BCUT2D eigenvalue weighted by Crippen LogP contribution is 2.35.